The van der Waals surface area contributed by atoms with Gasteiger partial charge in [-0.2, -0.15) is 0 Å². The zero-order valence-electron chi connectivity index (χ0n) is 23.7. The molecule has 198 valence electrons. The summed E-state index contributed by atoms with van der Waals surface area (Å²) < 4.78 is 32.9. The average Bonchev–Trinajstić information content (AvgIpc) is 3.21. The van der Waals surface area contributed by atoms with Gasteiger partial charge in [-0.25, -0.2) is 0 Å². The van der Waals surface area contributed by atoms with Gasteiger partial charge >= 0.3 is 0 Å². The molecule has 1 aliphatic heterocycles. The third kappa shape index (κ3) is 7.75. The fourth-order valence-electron chi connectivity index (χ4n) is 4.02. The molecule has 1 heterocycles. The van der Waals surface area contributed by atoms with Gasteiger partial charge < -0.3 is 23.1 Å². The highest BCUT2D eigenvalue weighted by Crippen LogP contribution is 2.40. The second kappa shape index (κ2) is 11.6. The van der Waals surface area contributed by atoms with E-state index >= 15 is 0 Å². The van der Waals surface area contributed by atoms with Crippen LogP contribution in [0.3, 0.4) is 0 Å². The largest absolute Gasteiger partial charge is 0.413 e. The molecular weight excluding hydrogens is 472 g/mol. The Morgan fingerprint density at radius 2 is 1.69 bits per heavy atom. The van der Waals surface area contributed by atoms with E-state index in [9.17, 15) is 0 Å². The van der Waals surface area contributed by atoms with Crippen molar-refractivity contribution in [1.29, 1.82) is 0 Å². The Hall–Kier alpha value is -0.986. The lowest BCUT2D eigenvalue weighted by atomic mass is 9.94. The molecule has 7 heteroatoms. The summed E-state index contributed by atoms with van der Waals surface area (Å²) in [6.45, 7) is 22.8. The molecule has 0 aromatic heterocycles. The number of benzene rings is 1. The molecule has 1 fully saturated rings. The maximum Gasteiger partial charge on any atom is 0.192 e. The third-order valence-electron chi connectivity index (χ3n) is 7.21. The first-order chi connectivity index (χ1) is 16.1. The summed E-state index contributed by atoms with van der Waals surface area (Å²) in [5, 5.41) is 0.0411. The highest BCUT2D eigenvalue weighted by Gasteiger charge is 2.53. The van der Waals surface area contributed by atoms with Crippen molar-refractivity contribution in [3.05, 3.63) is 35.9 Å². The molecule has 1 saturated heterocycles. The van der Waals surface area contributed by atoms with Crippen LogP contribution in [0.2, 0.25) is 37.8 Å². The predicted molar refractivity (Wildman–Crippen MR) is 148 cm³/mol. The van der Waals surface area contributed by atoms with Crippen LogP contribution in [0.4, 0.5) is 0 Å². The highest BCUT2D eigenvalue weighted by atomic mass is 28.4. The Labute approximate surface area is 216 Å². The first-order valence-electron chi connectivity index (χ1n) is 12.9. The summed E-state index contributed by atoms with van der Waals surface area (Å²) in [5.74, 6) is 2.40. The fourth-order valence-corrected chi connectivity index (χ4v) is 6.36. The minimum absolute atomic E-state index is 0.0411. The Balaban J connectivity index is 2.49. The van der Waals surface area contributed by atoms with Gasteiger partial charge in [0.15, 0.2) is 28.0 Å². The monoisotopic (exact) mass is 520 g/mol. The van der Waals surface area contributed by atoms with E-state index in [-0.39, 0.29) is 17.7 Å². The SMILES string of the molecule is C#C[C@@](CO[Si](C)(C)C(C)(C)C)(O[Si](C)(C)C)[C@H](OCc1ccccc1)[C@H]1COC(CC)(CC)O1. The molecule has 0 bridgehead atoms. The van der Waals surface area contributed by atoms with Crippen molar-refractivity contribution in [2.75, 3.05) is 13.2 Å². The van der Waals surface area contributed by atoms with E-state index in [1.54, 1.807) is 0 Å². The molecule has 0 spiro atoms. The summed E-state index contributed by atoms with van der Waals surface area (Å²) >= 11 is 0. The molecule has 1 aromatic rings. The van der Waals surface area contributed by atoms with Gasteiger partial charge in [-0.1, -0.05) is 70.9 Å². The van der Waals surface area contributed by atoms with Gasteiger partial charge in [0.2, 0.25) is 0 Å². The van der Waals surface area contributed by atoms with Crippen molar-refractivity contribution in [2.45, 2.75) is 115 Å². The third-order valence-corrected chi connectivity index (χ3v) is 12.7. The molecule has 2 rings (SSSR count). The fraction of sp³-hybridized carbons (Fsp3) is 0.714. The quantitative estimate of drug-likeness (QED) is 0.225. The summed E-state index contributed by atoms with van der Waals surface area (Å²) in [6, 6.07) is 10.1. The minimum atomic E-state index is -2.11. The van der Waals surface area contributed by atoms with E-state index in [1.165, 1.54) is 0 Å². The van der Waals surface area contributed by atoms with Crippen molar-refractivity contribution in [2.24, 2.45) is 0 Å². The molecular formula is C28H48O5Si2. The Bertz CT molecular complexity index is 834. The molecule has 0 radical (unpaired) electrons. The molecule has 0 unspecified atom stereocenters. The average molecular weight is 521 g/mol. The second-order valence-corrected chi connectivity index (χ2v) is 21.3. The van der Waals surface area contributed by atoms with E-state index in [1.807, 2.05) is 18.2 Å². The lowest BCUT2D eigenvalue weighted by Gasteiger charge is -2.45. The first-order valence-corrected chi connectivity index (χ1v) is 19.2. The molecule has 3 atom stereocenters. The first kappa shape index (κ1) is 30.2. The lowest BCUT2D eigenvalue weighted by Crippen LogP contribution is -2.60. The van der Waals surface area contributed by atoms with E-state index in [0.717, 1.165) is 18.4 Å². The van der Waals surface area contributed by atoms with Crippen LogP contribution in [0, 0.1) is 12.3 Å². The molecule has 0 aliphatic carbocycles. The van der Waals surface area contributed by atoms with Crippen molar-refractivity contribution in [3.63, 3.8) is 0 Å². The van der Waals surface area contributed by atoms with Gasteiger partial charge in [0.25, 0.3) is 0 Å². The van der Waals surface area contributed by atoms with Crippen LogP contribution >= 0.6 is 0 Å². The topological polar surface area (TPSA) is 46.2 Å². The smallest absolute Gasteiger partial charge is 0.192 e. The Morgan fingerprint density at radius 1 is 1.09 bits per heavy atom. The Morgan fingerprint density at radius 3 is 2.14 bits per heavy atom. The van der Waals surface area contributed by atoms with Gasteiger partial charge in [0.05, 0.1) is 19.8 Å². The van der Waals surface area contributed by atoms with Crippen LogP contribution in [0.1, 0.15) is 53.0 Å². The van der Waals surface area contributed by atoms with E-state index < -0.39 is 34.1 Å². The summed E-state index contributed by atoms with van der Waals surface area (Å²) in [7, 11) is -4.22. The summed E-state index contributed by atoms with van der Waals surface area (Å²) in [4.78, 5) is 0. The zero-order valence-corrected chi connectivity index (χ0v) is 25.7. The molecule has 1 aliphatic rings. The molecule has 0 saturated carbocycles. The molecule has 0 amide bonds. The van der Waals surface area contributed by atoms with Crippen molar-refractivity contribution in [1.82, 2.24) is 0 Å². The van der Waals surface area contributed by atoms with Crippen molar-refractivity contribution >= 4 is 16.6 Å². The number of terminal acetylenes is 1. The van der Waals surface area contributed by atoms with E-state index in [2.05, 4.69) is 85.4 Å². The summed E-state index contributed by atoms with van der Waals surface area (Å²) in [6.07, 6.45) is 6.92. The van der Waals surface area contributed by atoms with Crippen molar-refractivity contribution < 1.29 is 23.1 Å². The van der Waals surface area contributed by atoms with Gasteiger partial charge in [0, 0.05) is 0 Å². The van der Waals surface area contributed by atoms with Gasteiger partial charge in [-0.3, -0.25) is 0 Å². The van der Waals surface area contributed by atoms with Crippen LogP contribution in [0.25, 0.3) is 0 Å². The minimum Gasteiger partial charge on any atom is -0.413 e. The number of hydrogen-bond donors (Lipinski definition) is 0. The number of ether oxygens (including phenoxy) is 3. The highest BCUT2D eigenvalue weighted by molar-refractivity contribution is 6.74. The van der Waals surface area contributed by atoms with E-state index in [4.69, 9.17) is 29.5 Å². The number of hydrogen-bond acceptors (Lipinski definition) is 5. The number of rotatable bonds is 12. The van der Waals surface area contributed by atoms with Gasteiger partial charge in [0.1, 0.15) is 12.2 Å². The van der Waals surface area contributed by atoms with Crippen LogP contribution in [0.15, 0.2) is 30.3 Å². The predicted octanol–water partition coefficient (Wildman–Crippen LogP) is 6.75. The van der Waals surface area contributed by atoms with Crippen LogP contribution in [-0.2, 0) is 29.7 Å². The lowest BCUT2D eigenvalue weighted by molar-refractivity contribution is -0.203. The van der Waals surface area contributed by atoms with Gasteiger partial charge in [-0.05, 0) is 56.2 Å². The molecule has 5 nitrogen and oxygen atoms in total. The molecule has 1 aromatic carbocycles. The summed E-state index contributed by atoms with van der Waals surface area (Å²) in [5.41, 5.74) is -0.0294. The standard InChI is InChI=1S/C28H48O5Si2/c1-12-27(33-34(7,8)9,22-31-35(10,11)26(4,5)6)25(29-20-23-18-16-15-17-19-23)24-21-30-28(13-2,14-3)32-24/h1,15-19,24-25H,13-14,20-22H2,2-11H3/t24-,25-,27+/m1/s1. The second-order valence-electron chi connectivity index (χ2n) is 12.1. The van der Waals surface area contributed by atoms with E-state index in [0.29, 0.717) is 13.2 Å². The zero-order chi connectivity index (χ0) is 26.5. The molecule has 35 heavy (non-hydrogen) atoms. The van der Waals surface area contributed by atoms with Crippen LogP contribution in [-0.4, -0.2) is 53.4 Å². The maximum absolute atomic E-state index is 6.82. The van der Waals surface area contributed by atoms with Gasteiger partial charge in [-0.15, -0.1) is 6.42 Å². The van der Waals surface area contributed by atoms with Crippen LogP contribution in [0.5, 0.6) is 0 Å². The normalized spacial score (nSPS) is 21.3. The molecule has 0 N–H and O–H groups in total. The van der Waals surface area contributed by atoms with Crippen molar-refractivity contribution in [3.8, 4) is 12.3 Å². The van der Waals surface area contributed by atoms with Crippen LogP contribution < -0.4 is 0 Å². The Kier molecular flexibility index (Phi) is 10.0. The maximum atomic E-state index is 6.82.